The second-order valence-electron chi connectivity index (χ2n) is 7.26. The summed E-state index contributed by atoms with van der Waals surface area (Å²) in [5.41, 5.74) is 0.398. The lowest BCUT2D eigenvalue weighted by Crippen LogP contribution is -2.64. The molecule has 128 valence electrons. The van der Waals surface area contributed by atoms with Gasteiger partial charge in [0.1, 0.15) is 5.60 Å². The topological polar surface area (TPSA) is 59.6 Å². The average molecular weight is 320 g/mol. The quantitative estimate of drug-likeness (QED) is 0.846. The zero-order valence-electron chi connectivity index (χ0n) is 14.5. The third-order valence-corrected chi connectivity index (χ3v) is 3.85. The second-order valence-corrected chi connectivity index (χ2v) is 7.26. The summed E-state index contributed by atoms with van der Waals surface area (Å²) < 4.78 is 11.3. The second kappa shape index (κ2) is 7.32. The molecule has 0 atom stereocenters. The highest BCUT2D eigenvalue weighted by Crippen LogP contribution is 2.35. The van der Waals surface area contributed by atoms with Crippen molar-refractivity contribution in [2.24, 2.45) is 0 Å². The molecule has 1 aliphatic carbocycles. The van der Waals surface area contributed by atoms with E-state index < -0.39 is 5.60 Å². The number of amides is 1. The fraction of sp³-hybridized carbons (Fsp3) is 0.611. The first-order chi connectivity index (χ1) is 10.8. The van der Waals surface area contributed by atoms with Gasteiger partial charge in [-0.15, -0.1) is 0 Å². The van der Waals surface area contributed by atoms with Gasteiger partial charge in [0.05, 0.1) is 18.2 Å². The molecule has 0 bridgehead atoms. The Morgan fingerprint density at radius 1 is 1.26 bits per heavy atom. The molecule has 0 aromatic heterocycles. The molecular weight excluding hydrogens is 292 g/mol. The first-order valence-electron chi connectivity index (χ1n) is 8.13. The monoisotopic (exact) mass is 320 g/mol. The van der Waals surface area contributed by atoms with Crippen LogP contribution in [0.4, 0.5) is 4.79 Å². The maximum atomic E-state index is 12.0. The van der Waals surface area contributed by atoms with Gasteiger partial charge < -0.3 is 20.1 Å². The summed E-state index contributed by atoms with van der Waals surface area (Å²) in [5, 5.41) is 6.16. The summed E-state index contributed by atoms with van der Waals surface area (Å²) in [6, 6.07) is 10.1. The van der Waals surface area contributed by atoms with Crippen LogP contribution in [0.25, 0.3) is 0 Å². The van der Waals surface area contributed by atoms with Crippen LogP contribution in [0.15, 0.2) is 30.3 Å². The Morgan fingerprint density at radius 2 is 1.91 bits per heavy atom. The number of carbonyl (C=O) groups is 1. The number of hydrogen-bond acceptors (Lipinski definition) is 4. The molecule has 0 spiro atoms. The summed E-state index contributed by atoms with van der Waals surface area (Å²) in [4.78, 5) is 12.0. The third kappa shape index (κ3) is 5.52. The van der Waals surface area contributed by atoms with Gasteiger partial charge in [-0.25, -0.2) is 4.79 Å². The standard InChI is InChI=1S/C18H28N2O3/c1-17(2,3)23-16(21)20-18(13-19-4)10-15(11-18)22-12-14-8-6-5-7-9-14/h5-9,15,19H,10-13H2,1-4H3,(H,20,21). The normalized spacial score (nSPS) is 23.9. The number of likely N-dealkylation sites (N-methyl/N-ethyl adjacent to an activating group) is 1. The van der Waals surface area contributed by atoms with Crippen molar-refractivity contribution in [3.63, 3.8) is 0 Å². The van der Waals surface area contributed by atoms with E-state index in [1.54, 1.807) is 0 Å². The van der Waals surface area contributed by atoms with E-state index in [1.807, 2.05) is 46.0 Å². The van der Waals surface area contributed by atoms with Gasteiger partial charge >= 0.3 is 6.09 Å². The molecule has 1 aromatic rings. The smallest absolute Gasteiger partial charge is 0.408 e. The van der Waals surface area contributed by atoms with E-state index in [0.717, 1.165) is 12.8 Å². The maximum Gasteiger partial charge on any atom is 0.408 e. The molecule has 5 nitrogen and oxygen atoms in total. The summed E-state index contributed by atoms with van der Waals surface area (Å²) in [6.07, 6.45) is 1.38. The zero-order valence-corrected chi connectivity index (χ0v) is 14.5. The van der Waals surface area contributed by atoms with Gasteiger partial charge in [0.15, 0.2) is 0 Å². The molecular formula is C18H28N2O3. The minimum atomic E-state index is -0.488. The van der Waals surface area contributed by atoms with Crippen molar-refractivity contribution in [3.8, 4) is 0 Å². The molecule has 1 saturated carbocycles. The highest BCUT2D eigenvalue weighted by Gasteiger charge is 2.46. The van der Waals surface area contributed by atoms with E-state index in [9.17, 15) is 4.79 Å². The summed E-state index contributed by atoms with van der Waals surface area (Å²) in [7, 11) is 1.89. The first-order valence-corrected chi connectivity index (χ1v) is 8.13. The van der Waals surface area contributed by atoms with E-state index in [-0.39, 0.29) is 17.7 Å². The molecule has 1 amide bonds. The highest BCUT2D eigenvalue weighted by molar-refractivity contribution is 5.69. The molecule has 1 aromatic carbocycles. The van der Waals surface area contributed by atoms with Gasteiger partial charge in [0.25, 0.3) is 0 Å². The SMILES string of the molecule is CNCC1(NC(=O)OC(C)(C)C)CC(OCc2ccccc2)C1. The number of nitrogens with one attached hydrogen (secondary N) is 2. The van der Waals surface area contributed by atoms with E-state index in [0.29, 0.717) is 13.2 Å². The van der Waals surface area contributed by atoms with E-state index in [1.165, 1.54) is 5.56 Å². The molecule has 1 aliphatic rings. The van der Waals surface area contributed by atoms with Crippen LogP contribution in [0.5, 0.6) is 0 Å². The molecule has 1 fully saturated rings. The number of hydrogen-bond donors (Lipinski definition) is 2. The molecule has 0 aliphatic heterocycles. The fourth-order valence-corrected chi connectivity index (χ4v) is 2.87. The Hall–Kier alpha value is -1.59. The van der Waals surface area contributed by atoms with Crippen molar-refractivity contribution >= 4 is 6.09 Å². The molecule has 2 N–H and O–H groups in total. The van der Waals surface area contributed by atoms with E-state index in [4.69, 9.17) is 9.47 Å². The van der Waals surface area contributed by atoms with Crippen LogP contribution >= 0.6 is 0 Å². The molecule has 2 rings (SSSR count). The van der Waals surface area contributed by atoms with Crippen LogP contribution in [0.2, 0.25) is 0 Å². The van der Waals surface area contributed by atoms with Crippen LogP contribution in [0.1, 0.15) is 39.2 Å². The lowest BCUT2D eigenvalue weighted by Gasteiger charge is -2.47. The zero-order chi connectivity index (χ0) is 16.9. The molecule has 0 radical (unpaired) electrons. The maximum absolute atomic E-state index is 12.0. The highest BCUT2D eigenvalue weighted by atomic mass is 16.6. The lowest BCUT2D eigenvalue weighted by molar-refractivity contribution is -0.0642. The predicted octanol–water partition coefficient (Wildman–Crippen LogP) is 2.85. The summed E-state index contributed by atoms with van der Waals surface area (Å²) in [5.74, 6) is 0. The average Bonchev–Trinajstić information content (AvgIpc) is 2.41. The van der Waals surface area contributed by atoms with Crippen molar-refractivity contribution in [2.45, 2.75) is 57.5 Å². The van der Waals surface area contributed by atoms with Gasteiger partial charge in [-0.2, -0.15) is 0 Å². The Balaban J connectivity index is 1.81. The lowest BCUT2D eigenvalue weighted by atomic mass is 9.74. The Labute approximate surface area is 138 Å². The van der Waals surface area contributed by atoms with Gasteiger partial charge in [0, 0.05) is 6.54 Å². The largest absolute Gasteiger partial charge is 0.444 e. The van der Waals surface area contributed by atoms with Gasteiger partial charge in [-0.1, -0.05) is 30.3 Å². The van der Waals surface area contributed by atoms with Crippen LogP contribution in [0, 0.1) is 0 Å². The van der Waals surface area contributed by atoms with Gasteiger partial charge in [-0.05, 0) is 46.2 Å². The van der Waals surface area contributed by atoms with Gasteiger partial charge in [-0.3, -0.25) is 0 Å². The molecule has 0 unspecified atom stereocenters. The Morgan fingerprint density at radius 3 is 2.48 bits per heavy atom. The van der Waals surface area contributed by atoms with Crippen LogP contribution in [-0.2, 0) is 16.1 Å². The van der Waals surface area contributed by atoms with Crippen LogP contribution in [0.3, 0.4) is 0 Å². The van der Waals surface area contributed by atoms with Crippen molar-refractivity contribution < 1.29 is 14.3 Å². The molecule has 0 heterocycles. The van der Waals surface area contributed by atoms with Gasteiger partial charge in [0.2, 0.25) is 0 Å². The van der Waals surface area contributed by atoms with Crippen molar-refractivity contribution in [1.82, 2.24) is 10.6 Å². The molecule has 0 saturated heterocycles. The number of benzene rings is 1. The van der Waals surface area contributed by atoms with Crippen LogP contribution < -0.4 is 10.6 Å². The van der Waals surface area contributed by atoms with Crippen LogP contribution in [-0.4, -0.2) is 36.9 Å². The Bertz CT molecular complexity index is 505. The minimum absolute atomic E-state index is 0.165. The number of carbonyl (C=O) groups excluding carboxylic acids is 1. The van der Waals surface area contributed by atoms with E-state index >= 15 is 0 Å². The van der Waals surface area contributed by atoms with Crippen molar-refractivity contribution in [2.75, 3.05) is 13.6 Å². The molecule has 23 heavy (non-hydrogen) atoms. The van der Waals surface area contributed by atoms with Crippen molar-refractivity contribution in [1.29, 1.82) is 0 Å². The minimum Gasteiger partial charge on any atom is -0.444 e. The fourth-order valence-electron chi connectivity index (χ4n) is 2.87. The number of alkyl carbamates (subject to hydrolysis) is 1. The summed E-state index contributed by atoms with van der Waals surface area (Å²) in [6.45, 7) is 6.91. The predicted molar refractivity (Wildman–Crippen MR) is 90.3 cm³/mol. The number of rotatable bonds is 6. The molecule has 5 heteroatoms. The Kier molecular flexibility index (Phi) is 5.65. The first kappa shape index (κ1) is 17.8. The van der Waals surface area contributed by atoms with Crippen molar-refractivity contribution in [3.05, 3.63) is 35.9 Å². The summed E-state index contributed by atoms with van der Waals surface area (Å²) >= 11 is 0. The number of ether oxygens (including phenoxy) is 2. The third-order valence-electron chi connectivity index (χ3n) is 3.85. The van der Waals surface area contributed by atoms with E-state index in [2.05, 4.69) is 22.8 Å².